The summed E-state index contributed by atoms with van der Waals surface area (Å²) in [4.78, 5) is 0. The SMILES string of the molecule is CCc1ccc(Cc2c[c]([Mg][Br])ccc2Cl)cc1. The minimum atomic E-state index is -0.292. The molecule has 0 spiro atoms. The zero-order valence-corrected chi connectivity index (χ0v) is 14.2. The smallest absolute Gasteiger partial charge is 0.296 e. The van der Waals surface area contributed by atoms with Gasteiger partial charge in [0.25, 0.3) is 0 Å². The average molecular weight is 334 g/mol. The van der Waals surface area contributed by atoms with Crippen molar-refractivity contribution in [3.05, 3.63) is 64.2 Å². The molecular formula is C15H14BrClMg. The van der Waals surface area contributed by atoms with E-state index in [1.807, 2.05) is 6.07 Å². The summed E-state index contributed by atoms with van der Waals surface area (Å²) in [7, 11) is 0. The van der Waals surface area contributed by atoms with Gasteiger partial charge in [-0.05, 0) is 35.6 Å². The summed E-state index contributed by atoms with van der Waals surface area (Å²) < 4.78 is 1.40. The van der Waals surface area contributed by atoms with Crippen LogP contribution in [0.2, 0.25) is 5.02 Å². The Kier molecular flexibility index (Phi) is 5.55. The van der Waals surface area contributed by atoms with Gasteiger partial charge in [-0.1, -0.05) is 54.9 Å². The number of rotatable bonds is 4. The van der Waals surface area contributed by atoms with Crippen LogP contribution in [0.4, 0.5) is 0 Å². The molecule has 0 radical (unpaired) electrons. The summed E-state index contributed by atoms with van der Waals surface area (Å²) in [5.41, 5.74) is 3.93. The molecule has 2 rings (SSSR count). The van der Waals surface area contributed by atoms with Crippen molar-refractivity contribution in [2.75, 3.05) is 0 Å². The van der Waals surface area contributed by atoms with Crippen LogP contribution in [0.3, 0.4) is 0 Å². The van der Waals surface area contributed by atoms with Crippen LogP contribution >= 0.6 is 24.5 Å². The maximum atomic E-state index is 6.26. The van der Waals surface area contributed by atoms with Crippen LogP contribution < -0.4 is 3.69 Å². The Morgan fingerprint density at radius 1 is 1.06 bits per heavy atom. The lowest BCUT2D eigenvalue weighted by Crippen LogP contribution is -2.09. The molecule has 0 aliphatic carbocycles. The molecule has 0 aliphatic rings. The van der Waals surface area contributed by atoms with Gasteiger partial charge in [0.2, 0.25) is 0 Å². The van der Waals surface area contributed by atoms with Crippen molar-refractivity contribution >= 4 is 46.4 Å². The first kappa shape index (κ1) is 14.4. The predicted octanol–water partition coefficient (Wildman–Crippen LogP) is 4.13. The standard InChI is InChI=1S/C15H14Cl.BrH.Mg/c1-2-12-7-9-13(10-8-12)11-14-5-3-4-6-15(14)16;;/h4-10H,2,11H2,1H3;1H;/q;;+1/p-1. The lowest BCUT2D eigenvalue weighted by molar-refractivity contribution is 1.12. The van der Waals surface area contributed by atoms with Crippen LogP contribution in [0.15, 0.2) is 42.5 Å². The summed E-state index contributed by atoms with van der Waals surface area (Å²) in [6.07, 6.45) is 2.00. The largest absolute Gasteiger partial charge is 0.506 e. The van der Waals surface area contributed by atoms with E-state index in [0.29, 0.717) is 0 Å². The zero-order chi connectivity index (χ0) is 13.0. The van der Waals surface area contributed by atoms with E-state index >= 15 is 0 Å². The van der Waals surface area contributed by atoms with E-state index in [1.165, 1.54) is 20.4 Å². The van der Waals surface area contributed by atoms with E-state index in [-0.39, 0.29) is 18.2 Å². The number of hydrogen-bond donors (Lipinski definition) is 0. The molecule has 0 heterocycles. The first-order valence-electron chi connectivity index (χ1n) is 6.14. The third-order valence-electron chi connectivity index (χ3n) is 3.09. The Bertz CT molecular complexity index is 523. The third kappa shape index (κ3) is 3.73. The van der Waals surface area contributed by atoms with E-state index in [9.17, 15) is 0 Å². The second-order valence-corrected chi connectivity index (χ2v) is 7.58. The summed E-state index contributed by atoms with van der Waals surface area (Å²) >= 11 is 9.59. The molecule has 0 nitrogen and oxygen atoms in total. The molecule has 0 bridgehead atoms. The minimum absolute atomic E-state index is 0.292. The van der Waals surface area contributed by atoms with Gasteiger partial charge in [0, 0.05) is 5.02 Å². The molecule has 0 unspecified atom stereocenters. The Balaban J connectivity index is 2.21. The highest BCUT2D eigenvalue weighted by molar-refractivity contribution is 9.23. The van der Waals surface area contributed by atoms with E-state index in [2.05, 4.69) is 56.2 Å². The molecule has 0 saturated carbocycles. The second-order valence-electron chi connectivity index (χ2n) is 4.41. The normalized spacial score (nSPS) is 10.2. The molecule has 0 saturated heterocycles. The molecule has 90 valence electrons. The quantitative estimate of drug-likeness (QED) is 0.738. The fourth-order valence-corrected chi connectivity index (χ4v) is 3.72. The predicted molar refractivity (Wildman–Crippen MR) is 84.4 cm³/mol. The molecule has 18 heavy (non-hydrogen) atoms. The lowest BCUT2D eigenvalue weighted by Gasteiger charge is -2.07. The Morgan fingerprint density at radius 3 is 2.33 bits per heavy atom. The molecule has 0 aliphatic heterocycles. The maximum Gasteiger partial charge on any atom is 0.506 e. The highest BCUT2D eigenvalue weighted by Crippen LogP contribution is 2.18. The number of aryl methyl sites for hydroxylation is 1. The molecule has 2 aromatic rings. The van der Waals surface area contributed by atoms with E-state index in [1.54, 1.807) is 0 Å². The number of benzene rings is 2. The highest BCUT2D eigenvalue weighted by atomic mass is 79.9. The van der Waals surface area contributed by atoms with Crippen LogP contribution in [0, 0.1) is 0 Å². The van der Waals surface area contributed by atoms with Crippen LogP contribution in [0.25, 0.3) is 0 Å². The molecule has 3 heteroatoms. The van der Waals surface area contributed by atoms with Crippen LogP contribution in [0.5, 0.6) is 0 Å². The van der Waals surface area contributed by atoms with Gasteiger partial charge in [0.05, 0.1) is 0 Å². The number of hydrogen-bond acceptors (Lipinski definition) is 0. The highest BCUT2D eigenvalue weighted by Gasteiger charge is 2.04. The monoisotopic (exact) mass is 332 g/mol. The van der Waals surface area contributed by atoms with Crippen LogP contribution in [0.1, 0.15) is 23.6 Å². The summed E-state index contributed by atoms with van der Waals surface area (Å²) in [6.45, 7) is 2.18. The average Bonchev–Trinajstić information content (AvgIpc) is 2.42. The molecule has 0 aromatic heterocycles. The van der Waals surface area contributed by atoms with Crippen molar-refractivity contribution in [1.29, 1.82) is 0 Å². The minimum Gasteiger partial charge on any atom is -0.296 e. The van der Waals surface area contributed by atoms with E-state index < -0.39 is 0 Å². The van der Waals surface area contributed by atoms with Gasteiger partial charge >= 0.3 is 18.2 Å². The third-order valence-corrected chi connectivity index (χ3v) is 6.15. The van der Waals surface area contributed by atoms with Crippen molar-refractivity contribution in [2.24, 2.45) is 0 Å². The molecule has 0 N–H and O–H groups in total. The van der Waals surface area contributed by atoms with E-state index in [0.717, 1.165) is 17.9 Å². The Hall–Kier alpha value is -0.0238. The van der Waals surface area contributed by atoms with Crippen molar-refractivity contribution in [3.63, 3.8) is 0 Å². The molecular weight excluding hydrogens is 320 g/mol. The Labute approximate surface area is 129 Å². The van der Waals surface area contributed by atoms with Crippen LogP contribution in [-0.4, -0.2) is 18.2 Å². The van der Waals surface area contributed by atoms with Gasteiger partial charge in [-0.2, -0.15) is 3.69 Å². The van der Waals surface area contributed by atoms with Gasteiger partial charge in [0.15, 0.2) is 0 Å². The topological polar surface area (TPSA) is 0 Å². The van der Waals surface area contributed by atoms with Crippen molar-refractivity contribution < 1.29 is 0 Å². The summed E-state index contributed by atoms with van der Waals surface area (Å²) in [5, 5.41) is 0.869. The van der Waals surface area contributed by atoms with Gasteiger partial charge in [-0.25, -0.2) is 0 Å². The molecule has 0 atom stereocenters. The van der Waals surface area contributed by atoms with E-state index in [4.69, 9.17) is 11.6 Å². The van der Waals surface area contributed by atoms with Crippen molar-refractivity contribution in [3.8, 4) is 0 Å². The van der Waals surface area contributed by atoms with Gasteiger partial charge < -0.3 is 0 Å². The fourth-order valence-electron chi connectivity index (χ4n) is 1.96. The zero-order valence-electron chi connectivity index (χ0n) is 10.4. The lowest BCUT2D eigenvalue weighted by atomic mass is 10.0. The molecule has 0 amide bonds. The maximum absolute atomic E-state index is 6.26. The van der Waals surface area contributed by atoms with Crippen molar-refractivity contribution in [1.82, 2.24) is 0 Å². The van der Waals surface area contributed by atoms with Gasteiger partial charge in [-0.3, -0.25) is 12.9 Å². The van der Waals surface area contributed by atoms with Gasteiger partial charge in [0.1, 0.15) is 0 Å². The Morgan fingerprint density at radius 2 is 1.72 bits per heavy atom. The molecule has 0 fully saturated rings. The fraction of sp³-hybridized carbons (Fsp3) is 0.200. The number of halogens is 2. The first-order chi connectivity index (χ1) is 8.72. The first-order valence-corrected chi connectivity index (χ1v) is 11.1. The molecule has 2 aromatic carbocycles. The summed E-state index contributed by atoms with van der Waals surface area (Å²) in [6, 6.07) is 15.2. The second kappa shape index (κ2) is 6.95. The van der Waals surface area contributed by atoms with Crippen LogP contribution in [-0.2, 0) is 12.8 Å². The summed E-state index contributed by atoms with van der Waals surface area (Å²) in [5.74, 6) is 0. The van der Waals surface area contributed by atoms with Crippen molar-refractivity contribution in [2.45, 2.75) is 19.8 Å². The van der Waals surface area contributed by atoms with Gasteiger partial charge in [-0.15, -0.1) is 0 Å².